The van der Waals surface area contributed by atoms with Gasteiger partial charge in [0.25, 0.3) is 0 Å². The number of hydrogen-bond donors (Lipinski definition) is 1. The summed E-state index contributed by atoms with van der Waals surface area (Å²) in [7, 11) is 0. The van der Waals surface area contributed by atoms with Crippen LogP contribution in [-0.2, 0) is 0 Å². The van der Waals surface area contributed by atoms with Gasteiger partial charge in [-0.2, -0.15) is 0 Å². The maximum atomic E-state index is 6.01. The van der Waals surface area contributed by atoms with Gasteiger partial charge in [0.2, 0.25) is 0 Å². The minimum absolute atomic E-state index is 0.454. The summed E-state index contributed by atoms with van der Waals surface area (Å²) in [6.07, 6.45) is 1.10. The quantitative estimate of drug-likeness (QED) is 0.500. The van der Waals surface area contributed by atoms with Crippen LogP contribution in [0.25, 0.3) is 10.9 Å². The summed E-state index contributed by atoms with van der Waals surface area (Å²) in [6, 6.07) is 6.17. The molecule has 0 amide bonds. The summed E-state index contributed by atoms with van der Waals surface area (Å²) in [4.78, 5) is 4.39. The third kappa shape index (κ3) is 4.31. The van der Waals surface area contributed by atoms with E-state index in [1.165, 1.54) is 0 Å². The summed E-state index contributed by atoms with van der Waals surface area (Å²) in [5.74, 6) is 0.724. The Bertz CT molecular complexity index is 637. The first-order valence-electron chi connectivity index (χ1n) is 6.83. The second kappa shape index (κ2) is 7.77. The molecule has 1 aromatic heterocycles. The van der Waals surface area contributed by atoms with E-state index in [0.29, 0.717) is 17.8 Å². The standard InChI is InChI=1S/C15H17Br2ClN2O/c1-3-9(2)19-6-7-21-15-12(17)8-11(16)10-4-5-13(18)20-14(10)15/h4-5,8-9,19H,3,6-7H2,1-2H3. The smallest absolute Gasteiger partial charge is 0.159 e. The number of pyridine rings is 1. The highest BCUT2D eigenvalue weighted by atomic mass is 79.9. The van der Waals surface area contributed by atoms with Crippen LogP contribution < -0.4 is 10.1 Å². The Morgan fingerprint density at radius 1 is 1.33 bits per heavy atom. The van der Waals surface area contributed by atoms with E-state index in [0.717, 1.165) is 38.6 Å². The van der Waals surface area contributed by atoms with Crippen molar-refractivity contribution in [2.75, 3.05) is 13.2 Å². The first-order chi connectivity index (χ1) is 10.0. The van der Waals surface area contributed by atoms with Crippen molar-refractivity contribution in [3.63, 3.8) is 0 Å². The predicted octanol–water partition coefficient (Wildman–Crippen LogP) is 5.18. The van der Waals surface area contributed by atoms with Crippen molar-refractivity contribution in [3.05, 3.63) is 32.3 Å². The fourth-order valence-electron chi connectivity index (χ4n) is 1.91. The first kappa shape index (κ1) is 17.0. The van der Waals surface area contributed by atoms with Crippen molar-refractivity contribution >= 4 is 54.4 Å². The van der Waals surface area contributed by atoms with Crippen LogP contribution in [0.3, 0.4) is 0 Å². The molecule has 1 atom stereocenters. The molecule has 0 aliphatic rings. The van der Waals surface area contributed by atoms with E-state index < -0.39 is 0 Å². The van der Waals surface area contributed by atoms with E-state index in [9.17, 15) is 0 Å². The van der Waals surface area contributed by atoms with E-state index >= 15 is 0 Å². The minimum atomic E-state index is 0.454. The van der Waals surface area contributed by atoms with Gasteiger partial charge in [0.1, 0.15) is 17.3 Å². The van der Waals surface area contributed by atoms with Crippen LogP contribution in [-0.4, -0.2) is 24.2 Å². The van der Waals surface area contributed by atoms with Gasteiger partial charge in [-0.15, -0.1) is 0 Å². The number of nitrogens with zero attached hydrogens (tertiary/aromatic N) is 1. The van der Waals surface area contributed by atoms with Crippen LogP contribution in [0.5, 0.6) is 5.75 Å². The van der Waals surface area contributed by atoms with Crippen molar-refractivity contribution in [1.82, 2.24) is 10.3 Å². The molecule has 0 radical (unpaired) electrons. The summed E-state index contributed by atoms with van der Waals surface area (Å²) in [5.41, 5.74) is 0.757. The molecule has 1 N–H and O–H groups in total. The Labute approximate surface area is 146 Å². The van der Waals surface area contributed by atoms with Gasteiger partial charge < -0.3 is 10.1 Å². The van der Waals surface area contributed by atoms with Gasteiger partial charge in [0.05, 0.1) is 4.47 Å². The van der Waals surface area contributed by atoms with E-state index in [2.05, 4.69) is 56.0 Å². The van der Waals surface area contributed by atoms with Gasteiger partial charge in [-0.1, -0.05) is 34.5 Å². The van der Waals surface area contributed by atoms with Gasteiger partial charge in [0.15, 0.2) is 5.75 Å². The number of fused-ring (bicyclic) bond motifs is 1. The van der Waals surface area contributed by atoms with Crippen molar-refractivity contribution < 1.29 is 4.74 Å². The molecule has 0 aliphatic heterocycles. The lowest BCUT2D eigenvalue weighted by Crippen LogP contribution is -2.29. The van der Waals surface area contributed by atoms with Gasteiger partial charge in [0, 0.05) is 22.4 Å². The third-order valence-corrected chi connectivity index (χ3v) is 4.71. The fraction of sp³-hybridized carbons (Fsp3) is 0.400. The number of aromatic nitrogens is 1. The zero-order valence-electron chi connectivity index (χ0n) is 11.9. The molecule has 1 heterocycles. The maximum absolute atomic E-state index is 6.01. The molecule has 1 aromatic carbocycles. The summed E-state index contributed by atoms with van der Waals surface area (Å²) in [6.45, 7) is 5.68. The van der Waals surface area contributed by atoms with Crippen LogP contribution in [0.4, 0.5) is 0 Å². The monoisotopic (exact) mass is 434 g/mol. The number of ether oxygens (including phenoxy) is 1. The average molecular weight is 437 g/mol. The SMILES string of the molecule is CCC(C)NCCOc1c(Br)cc(Br)c2ccc(Cl)nc12. The Kier molecular flexibility index (Phi) is 6.29. The van der Waals surface area contributed by atoms with Crippen LogP contribution in [0.15, 0.2) is 27.1 Å². The molecule has 2 rings (SSSR count). The molecule has 114 valence electrons. The molecule has 0 fully saturated rings. The zero-order valence-corrected chi connectivity index (χ0v) is 15.8. The third-order valence-electron chi connectivity index (χ3n) is 3.26. The second-order valence-corrected chi connectivity index (χ2v) is 6.91. The predicted molar refractivity (Wildman–Crippen MR) is 95.4 cm³/mol. The van der Waals surface area contributed by atoms with Crippen LogP contribution in [0.1, 0.15) is 20.3 Å². The molecule has 0 saturated carbocycles. The zero-order chi connectivity index (χ0) is 15.4. The van der Waals surface area contributed by atoms with Gasteiger partial charge >= 0.3 is 0 Å². The lowest BCUT2D eigenvalue weighted by molar-refractivity contribution is 0.307. The normalized spacial score (nSPS) is 12.6. The highest BCUT2D eigenvalue weighted by molar-refractivity contribution is 9.11. The van der Waals surface area contributed by atoms with E-state index in [-0.39, 0.29) is 0 Å². The van der Waals surface area contributed by atoms with Crippen LogP contribution in [0.2, 0.25) is 5.15 Å². The van der Waals surface area contributed by atoms with Crippen molar-refractivity contribution in [2.24, 2.45) is 0 Å². The second-order valence-electron chi connectivity index (χ2n) is 4.81. The molecular weight excluding hydrogens is 419 g/mol. The van der Waals surface area contributed by atoms with Gasteiger partial charge in [-0.3, -0.25) is 0 Å². The first-order valence-corrected chi connectivity index (χ1v) is 8.79. The Morgan fingerprint density at radius 2 is 2.10 bits per heavy atom. The van der Waals surface area contributed by atoms with Crippen molar-refractivity contribution in [2.45, 2.75) is 26.3 Å². The number of rotatable bonds is 6. The van der Waals surface area contributed by atoms with Crippen molar-refractivity contribution in [1.29, 1.82) is 0 Å². The lowest BCUT2D eigenvalue weighted by atomic mass is 10.2. The van der Waals surface area contributed by atoms with Gasteiger partial charge in [-0.25, -0.2) is 4.98 Å². The number of halogens is 3. The maximum Gasteiger partial charge on any atom is 0.159 e. The Hall–Kier alpha value is -0.360. The molecule has 0 aliphatic carbocycles. The Balaban J connectivity index is 2.20. The van der Waals surface area contributed by atoms with Crippen LogP contribution >= 0.6 is 43.5 Å². The Morgan fingerprint density at radius 3 is 2.81 bits per heavy atom. The molecule has 0 saturated heterocycles. The molecule has 1 unspecified atom stereocenters. The van der Waals surface area contributed by atoms with Crippen molar-refractivity contribution in [3.8, 4) is 5.75 Å². The number of nitrogens with one attached hydrogen (secondary N) is 1. The molecule has 21 heavy (non-hydrogen) atoms. The van der Waals surface area contributed by atoms with E-state index in [1.807, 2.05) is 12.1 Å². The number of benzene rings is 1. The number of hydrogen-bond acceptors (Lipinski definition) is 3. The molecule has 0 spiro atoms. The fourth-order valence-corrected chi connectivity index (χ4v) is 3.44. The molecule has 3 nitrogen and oxygen atoms in total. The largest absolute Gasteiger partial charge is 0.489 e. The van der Waals surface area contributed by atoms with Gasteiger partial charge in [-0.05, 0) is 47.5 Å². The molecular formula is C15H17Br2ClN2O. The minimum Gasteiger partial charge on any atom is -0.489 e. The van der Waals surface area contributed by atoms with E-state index in [1.54, 1.807) is 6.07 Å². The molecule has 6 heteroatoms. The van der Waals surface area contributed by atoms with Crippen LogP contribution in [0, 0.1) is 0 Å². The summed E-state index contributed by atoms with van der Waals surface area (Å²) < 4.78 is 7.72. The average Bonchev–Trinajstić information content (AvgIpc) is 2.45. The highest BCUT2D eigenvalue weighted by Crippen LogP contribution is 2.38. The molecule has 2 aromatic rings. The topological polar surface area (TPSA) is 34.1 Å². The summed E-state index contributed by atoms with van der Waals surface area (Å²) in [5, 5.41) is 4.83. The lowest BCUT2D eigenvalue weighted by Gasteiger charge is -2.14. The summed E-state index contributed by atoms with van der Waals surface area (Å²) >= 11 is 13.1. The molecule has 0 bridgehead atoms. The highest BCUT2D eigenvalue weighted by Gasteiger charge is 2.13. The van der Waals surface area contributed by atoms with E-state index in [4.69, 9.17) is 16.3 Å².